The van der Waals surface area contributed by atoms with Crippen LogP contribution in [0, 0.1) is 11.8 Å². The Morgan fingerprint density at radius 2 is 2.10 bits per heavy atom. The molecule has 1 rings (SSSR count). The first-order valence-corrected chi connectivity index (χ1v) is 7.63. The lowest BCUT2D eigenvalue weighted by atomic mass is 10.0. The molecule has 1 heterocycles. The molecule has 1 aliphatic heterocycles. The Morgan fingerprint density at radius 1 is 1.43 bits per heavy atom. The van der Waals surface area contributed by atoms with E-state index in [-0.39, 0.29) is 36.6 Å². The molecule has 6 nitrogen and oxygen atoms in total. The molecule has 0 saturated carbocycles. The minimum Gasteiger partial charge on any atom is -0.481 e. The number of carbonyl (C=O) groups is 3. The van der Waals surface area contributed by atoms with Crippen LogP contribution >= 0.6 is 0 Å². The third-order valence-corrected chi connectivity index (χ3v) is 3.58. The van der Waals surface area contributed by atoms with Crippen LogP contribution in [0.15, 0.2) is 0 Å². The van der Waals surface area contributed by atoms with Crippen LogP contribution in [0.4, 0.5) is 0 Å². The molecule has 0 aliphatic carbocycles. The molecule has 0 aromatic carbocycles. The highest BCUT2D eigenvalue weighted by Crippen LogP contribution is 2.19. The Hall–Kier alpha value is -1.59. The van der Waals surface area contributed by atoms with Crippen LogP contribution in [-0.2, 0) is 14.4 Å². The second-order valence-corrected chi connectivity index (χ2v) is 6.19. The summed E-state index contributed by atoms with van der Waals surface area (Å²) in [5, 5.41) is 11.6. The topological polar surface area (TPSA) is 86.7 Å². The molecule has 1 aliphatic rings. The van der Waals surface area contributed by atoms with E-state index in [2.05, 4.69) is 5.32 Å². The summed E-state index contributed by atoms with van der Waals surface area (Å²) in [6.07, 6.45) is 1.59. The highest BCUT2D eigenvalue weighted by Gasteiger charge is 2.35. The fraction of sp³-hybridized carbons (Fsp3) is 0.800. The van der Waals surface area contributed by atoms with Crippen molar-refractivity contribution in [1.29, 1.82) is 0 Å². The van der Waals surface area contributed by atoms with Gasteiger partial charge in [-0.2, -0.15) is 0 Å². The summed E-state index contributed by atoms with van der Waals surface area (Å²) in [5.41, 5.74) is 0. The molecule has 0 bridgehead atoms. The Balaban J connectivity index is 2.54. The van der Waals surface area contributed by atoms with Crippen molar-refractivity contribution in [2.75, 3.05) is 13.1 Å². The van der Waals surface area contributed by atoms with Crippen molar-refractivity contribution in [3.05, 3.63) is 0 Å². The zero-order chi connectivity index (χ0) is 16.0. The summed E-state index contributed by atoms with van der Waals surface area (Å²) in [6.45, 7) is 7.12. The quantitative estimate of drug-likeness (QED) is 0.706. The van der Waals surface area contributed by atoms with E-state index in [0.717, 1.165) is 6.42 Å². The number of aliphatic carboxylic acids is 1. The fourth-order valence-corrected chi connectivity index (χ4v) is 2.67. The van der Waals surface area contributed by atoms with Crippen molar-refractivity contribution in [3.63, 3.8) is 0 Å². The van der Waals surface area contributed by atoms with Crippen molar-refractivity contribution in [3.8, 4) is 0 Å². The monoisotopic (exact) mass is 298 g/mol. The highest BCUT2D eigenvalue weighted by molar-refractivity contribution is 5.89. The molecule has 120 valence electrons. The van der Waals surface area contributed by atoms with Gasteiger partial charge in [-0.25, -0.2) is 0 Å². The maximum atomic E-state index is 12.2. The molecule has 0 spiro atoms. The predicted octanol–water partition coefficient (Wildman–Crippen LogP) is 1.25. The maximum Gasteiger partial charge on any atom is 0.305 e. The van der Waals surface area contributed by atoms with Gasteiger partial charge in [-0.15, -0.1) is 0 Å². The predicted molar refractivity (Wildman–Crippen MR) is 78.6 cm³/mol. The average molecular weight is 298 g/mol. The summed E-state index contributed by atoms with van der Waals surface area (Å²) in [7, 11) is 0. The number of rotatable bonds is 8. The lowest BCUT2D eigenvalue weighted by Gasteiger charge is -2.20. The number of carbonyl (C=O) groups excluding carboxylic acids is 2. The Bertz CT molecular complexity index is 395. The Morgan fingerprint density at radius 3 is 2.62 bits per heavy atom. The van der Waals surface area contributed by atoms with Crippen LogP contribution in [0.5, 0.6) is 0 Å². The molecular weight excluding hydrogens is 272 g/mol. The molecule has 0 aromatic rings. The zero-order valence-electron chi connectivity index (χ0n) is 13.1. The standard InChI is InChI=1S/C15H26N2O4/c1-4-5-12(7-14(19)20)16-15(21)11-6-13(18)17(9-11)8-10(2)3/h10-12H,4-9H2,1-3H3,(H,16,21)(H,19,20). The molecule has 2 atom stereocenters. The molecule has 1 fully saturated rings. The number of amides is 2. The molecule has 2 unspecified atom stereocenters. The van der Waals surface area contributed by atoms with Crippen molar-refractivity contribution in [1.82, 2.24) is 10.2 Å². The lowest BCUT2D eigenvalue weighted by molar-refractivity contribution is -0.138. The number of nitrogens with zero attached hydrogens (tertiary/aromatic N) is 1. The van der Waals surface area contributed by atoms with Gasteiger partial charge in [-0.05, 0) is 12.3 Å². The fourth-order valence-electron chi connectivity index (χ4n) is 2.67. The number of carboxylic acids is 1. The SMILES string of the molecule is CCCC(CC(=O)O)NC(=O)C1CC(=O)N(CC(C)C)C1. The Kier molecular flexibility index (Phi) is 6.65. The van der Waals surface area contributed by atoms with Crippen molar-refractivity contribution in [2.24, 2.45) is 11.8 Å². The molecular formula is C15H26N2O4. The first-order chi connectivity index (χ1) is 9.83. The Labute approximate surface area is 125 Å². The largest absolute Gasteiger partial charge is 0.481 e. The third-order valence-electron chi connectivity index (χ3n) is 3.58. The van der Waals surface area contributed by atoms with E-state index in [4.69, 9.17) is 5.11 Å². The minimum absolute atomic E-state index is 0.00845. The van der Waals surface area contributed by atoms with E-state index in [0.29, 0.717) is 25.4 Å². The number of hydrogen-bond acceptors (Lipinski definition) is 3. The first-order valence-electron chi connectivity index (χ1n) is 7.63. The van der Waals surface area contributed by atoms with Gasteiger partial charge in [0.25, 0.3) is 0 Å². The van der Waals surface area contributed by atoms with Crippen LogP contribution < -0.4 is 5.32 Å². The van der Waals surface area contributed by atoms with Crippen LogP contribution in [0.3, 0.4) is 0 Å². The zero-order valence-corrected chi connectivity index (χ0v) is 13.1. The second-order valence-electron chi connectivity index (χ2n) is 6.19. The van der Waals surface area contributed by atoms with Crippen molar-refractivity contribution < 1.29 is 19.5 Å². The number of likely N-dealkylation sites (tertiary alicyclic amines) is 1. The summed E-state index contributed by atoms with van der Waals surface area (Å²) in [6, 6.07) is -0.353. The van der Waals surface area contributed by atoms with E-state index in [1.54, 1.807) is 4.90 Å². The van der Waals surface area contributed by atoms with E-state index < -0.39 is 5.97 Å². The van der Waals surface area contributed by atoms with E-state index in [1.165, 1.54) is 0 Å². The van der Waals surface area contributed by atoms with Crippen LogP contribution in [0.1, 0.15) is 46.5 Å². The van der Waals surface area contributed by atoms with Crippen molar-refractivity contribution >= 4 is 17.8 Å². The molecule has 0 aromatic heterocycles. The van der Waals surface area contributed by atoms with Gasteiger partial charge in [0.15, 0.2) is 0 Å². The smallest absolute Gasteiger partial charge is 0.305 e. The lowest BCUT2D eigenvalue weighted by Crippen LogP contribution is -2.41. The van der Waals surface area contributed by atoms with Gasteiger partial charge >= 0.3 is 5.97 Å². The first kappa shape index (κ1) is 17.5. The molecule has 2 amide bonds. The van der Waals surface area contributed by atoms with Gasteiger partial charge in [0.05, 0.1) is 12.3 Å². The van der Waals surface area contributed by atoms with Gasteiger partial charge in [0.1, 0.15) is 0 Å². The molecule has 6 heteroatoms. The summed E-state index contributed by atoms with van der Waals surface area (Å²) >= 11 is 0. The third kappa shape index (κ3) is 5.73. The van der Waals surface area contributed by atoms with Gasteiger partial charge in [0, 0.05) is 25.6 Å². The maximum absolute atomic E-state index is 12.2. The molecule has 1 saturated heterocycles. The normalized spacial score (nSPS) is 19.9. The van der Waals surface area contributed by atoms with E-state index in [9.17, 15) is 14.4 Å². The van der Waals surface area contributed by atoms with Gasteiger partial charge in [0.2, 0.25) is 11.8 Å². The van der Waals surface area contributed by atoms with Gasteiger partial charge in [-0.3, -0.25) is 14.4 Å². The second kappa shape index (κ2) is 8.00. The van der Waals surface area contributed by atoms with Crippen LogP contribution in [0.2, 0.25) is 0 Å². The average Bonchev–Trinajstić information content (AvgIpc) is 2.69. The number of carboxylic acid groups (broad SMARTS) is 1. The van der Waals surface area contributed by atoms with Crippen LogP contribution in [0.25, 0.3) is 0 Å². The molecule has 21 heavy (non-hydrogen) atoms. The van der Waals surface area contributed by atoms with Crippen molar-refractivity contribution in [2.45, 2.75) is 52.5 Å². The van der Waals surface area contributed by atoms with Gasteiger partial charge < -0.3 is 15.3 Å². The van der Waals surface area contributed by atoms with E-state index in [1.807, 2.05) is 20.8 Å². The van der Waals surface area contributed by atoms with Gasteiger partial charge in [-0.1, -0.05) is 27.2 Å². The van der Waals surface area contributed by atoms with E-state index >= 15 is 0 Å². The number of nitrogens with one attached hydrogen (secondary N) is 1. The number of hydrogen-bond donors (Lipinski definition) is 2. The molecule has 0 radical (unpaired) electrons. The summed E-state index contributed by atoms with van der Waals surface area (Å²) in [4.78, 5) is 36.6. The molecule has 2 N–H and O–H groups in total. The van der Waals surface area contributed by atoms with Crippen LogP contribution in [-0.4, -0.2) is 46.9 Å². The minimum atomic E-state index is -0.919. The highest BCUT2D eigenvalue weighted by atomic mass is 16.4. The summed E-state index contributed by atoms with van der Waals surface area (Å²) in [5.74, 6) is -1.10. The summed E-state index contributed by atoms with van der Waals surface area (Å²) < 4.78 is 0.